The van der Waals surface area contributed by atoms with E-state index in [0.29, 0.717) is 25.8 Å². The third-order valence-electron chi connectivity index (χ3n) is 4.47. The first-order valence-electron chi connectivity index (χ1n) is 9.40. The van der Waals surface area contributed by atoms with Crippen molar-refractivity contribution in [2.75, 3.05) is 6.54 Å². The van der Waals surface area contributed by atoms with Gasteiger partial charge in [0.25, 0.3) is 0 Å². The molecule has 0 aliphatic carbocycles. The van der Waals surface area contributed by atoms with Crippen LogP contribution in [-0.4, -0.2) is 29.3 Å². The van der Waals surface area contributed by atoms with Crippen LogP contribution in [0.15, 0.2) is 54.6 Å². The van der Waals surface area contributed by atoms with E-state index >= 15 is 0 Å². The van der Waals surface area contributed by atoms with E-state index in [-0.39, 0.29) is 24.2 Å². The quantitative estimate of drug-likeness (QED) is 0.732. The fourth-order valence-corrected chi connectivity index (χ4v) is 3.04. The van der Waals surface area contributed by atoms with Crippen LogP contribution in [0.3, 0.4) is 0 Å². The molecule has 0 bridgehead atoms. The molecule has 5 heteroatoms. The zero-order chi connectivity index (χ0) is 19.6. The number of carbonyl (C=O) groups excluding carboxylic acids is 2. The minimum absolute atomic E-state index is 0.0821. The number of carbonyl (C=O) groups is 2. The van der Waals surface area contributed by atoms with Crippen LogP contribution in [0, 0.1) is 5.82 Å². The molecule has 1 N–H and O–H groups in total. The zero-order valence-corrected chi connectivity index (χ0v) is 16.0. The second kappa shape index (κ2) is 10.5. The number of likely N-dealkylation sites (N-methyl/N-ethyl adjacent to an activating group) is 1. The maximum absolute atomic E-state index is 13.2. The molecule has 0 fully saturated rings. The van der Waals surface area contributed by atoms with Gasteiger partial charge in [-0.15, -0.1) is 0 Å². The molecule has 0 saturated carbocycles. The molecule has 144 valence electrons. The second-order valence-electron chi connectivity index (χ2n) is 6.45. The summed E-state index contributed by atoms with van der Waals surface area (Å²) >= 11 is 0. The molecule has 0 saturated heterocycles. The number of hydrogen-bond donors (Lipinski definition) is 1. The number of aryl methyl sites for hydroxylation is 1. The molecule has 27 heavy (non-hydrogen) atoms. The van der Waals surface area contributed by atoms with Crippen molar-refractivity contribution in [2.45, 2.75) is 45.7 Å². The smallest absolute Gasteiger partial charge is 0.242 e. The lowest BCUT2D eigenvalue weighted by molar-refractivity contribution is -0.141. The van der Waals surface area contributed by atoms with E-state index in [4.69, 9.17) is 0 Å². The number of rotatable bonds is 9. The van der Waals surface area contributed by atoms with Gasteiger partial charge >= 0.3 is 0 Å². The second-order valence-corrected chi connectivity index (χ2v) is 6.45. The standard InChI is InChI=1S/C22H27FN2O2/c1-3-20(22(27)24-4-2)25(16-18-10-13-19(23)14-11-18)21(26)15-12-17-8-6-5-7-9-17/h5-11,13-14,20H,3-4,12,15-16H2,1-2H3,(H,24,27). The van der Waals surface area contributed by atoms with E-state index in [1.165, 1.54) is 12.1 Å². The van der Waals surface area contributed by atoms with Gasteiger partial charge < -0.3 is 10.2 Å². The molecule has 2 rings (SSSR count). The van der Waals surface area contributed by atoms with Gasteiger partial charge in [-0.3, -0.25) is 9.59 Å². The third-order valence-corrected chi connectivity index (χ3v) is 4.47. The van der Waals surface area contributed by atoms with Crippen LogP contribution in [0.2, 0.25) is 0 Å². The Morgan fingerprint density at radius 3 is 2.26 bits per heavy atom. The average molecular weight is 370 g/mol. The van der Waals surface area contributed by atoms with Crippen LogP contribution < -0.4 is 5.32 Å². The molecule has 1 atom stereocenters. The predicted molar refractivity (Wildman–Crippen MR) is 104 cm³/mol. The lowest BCUT2D eigenvalue weighted by atomic mass is 10.1. The lowest BCUT2D eigenvalue weighted by Gasteiger charge is -2.30. The Morgan fingerprint density at radius 1 is 1.00 bits per heavy atom. The van der Waals surface area contributed by atoms with Crippen LogP contribution in [0.4, 0.5) is 4.39 Å². The Morgan fingerprint density at radius 2 is 1.67 bits per heavy atom. The van der Waals surface area contributed by atoms with Crippen molar-refractivity contribution >= 4 is 11.8 Å². The summed E-state index contributed by atoms with van der Waals surface area (Å²) in [5.74, 6) is -0.562. The summed E-state index contributed by atoms with van der Waals surface area (Å²) in [5, 5.41) is 2.81. The fourth-order valence-electron chi connectivity index (χ4n) is 3.04. The van der Waals surface area contributed by atoms with Crippen LogP contribution in [-0.2, 0) is 22.6 Å². The van der Waals surface area contributed by atoms with Crippen LogP contribution in [0.1, 0.15) is 37.8 Å². The fraction of sp³-hybridized carbons (Fsp3) is 0.364. The molecule has 0 aliphatic rings. The number of halogens is 1. The van der Waals surface area contributed by atoms with Crippen molar-refractivity contribution in [1.82, 2.24) is 10.2 Å². The highest BCUT2D eigenvalue weighted by Gasteiger charge is 2.28. The van der Waals surface area contributed by atoms with Crippen molar-refractivity contribution in [3.05, 3.63) is 71.5 Å². The Labute approximate surface area is 160 Å². The summed E-state index contributed by atoms with van der Waals surface area (Å²) in [7, 11) is 0. The van der Waals surface area contributed by atoms with E-state index in [0.717, 1.165) is 11.1 Å². The normalized spacial score (nSPS) is 11.7. The Hall–Kier alpha value is -2.69. The maximum atomic E-state index is 13.2. The summed E-state index contributed by atoms with van der Waals surface area (Å²) in [6.45, 7) is 4.54. The molecule has 4 nitrogen and oxygen atoms in total. The van der Waals surface area contributed by atoms with Gasteiger partial charge in [0.1, 0.15) is 11.9 Å². The Balaban J connectivity index is 2.17. The van der Waals surface area contributed by atoms with Crippen molar-refractivity contribution in [3.8, 4) is 0 Å². The van der Waals surface area contributed by atoms with Crippen molar-refractivity contribution in [3.63, 3.8) is 0 Å². The minimum atomic E-state index is -0.543. The molecule has 1 unspecified atom stereocenters. The summed E-state index contributed by atoms with van der Waals surface area (Å²) in [6, 6.07) is 15.3. The van der Waals surface area contributed by atoms with Gasteiger partial charge in [-0.1, -0.05) is 49.4 Å². The molecule has 0 heterocycles. The Bertz CT molecular complexity index is 732. The minimum Gasteiger partial charge on any atom is -0.355 e. The number of amides is 2. The molecular formula is C22H27FN2O2. The molecule has 0 aromatic heterocycles. The largest absolute Gasteiger partial charge is 0.355 e. The van der Waals surface area contributed by atoms with Crippen LogP contribution in [0.25, 0.3) is 0 Å². The third kappa shape index (κ3) is 6.20. The molecule has 0 aliphatic heterocycles. The molecule has 0 radical (unpaired) electrons. The van der Waals surface area contributed by atoms with E-state index in [9.17, 15) is 14.0 Å². The summed E-state index contributed by atoms with van der Waals surface area (Å²) in [5.41, 5.74) is 1.88. The monoisotopic (exact) mass is 370 g/mol. The number of hydrogen-bond acceptors (Lipinski definition) is 2. The van der Waals surface area contributed by atoms with E-state index < -0.39 is 6.04 Å². The lowest BCUT2D eigenvalue weighted by Crippen LogP contribution is -2.49. The highest BCUT2D eigenvalue weighted by Crippen LogP contribution is 2.15. The molecular weight excluding hydrogens is 343 g/mol. The molecule has 2 aromatic rings. The molecule has 2 amide bonds. The zero-order valence-electron chi connectivity index (χ0n) is 16.0. The van der Waals surface area contributed by atoms with Gasteiger partial charge in [-0.25, -0.2) is 4.39 Å². The van der Waals surface area contributed by atoms with Crippen LogP contribution >= 0.6 is 0 Å². The van der Waals surface area contributed by atoms with Gasteiger partial charge in [-0.05, 0) is 43.0 Å². The number of nitrogens with one attached hydrogen (secondary N) is 1. The van der Waals surface area contributed by atoms with Crippen molar-refractivity contribution in [2.24, 2.45) is 0 Å². The van der Waals surface area contributed by atoms with Gasteiger partial charge in [0.05, 0.1) is 0 Å². The van der Waals surface area contributed by atoms with Crippen molar-refractivity contribution in [1.29, 1.82) is 0 Å². The molecule has 2 aromatic carbocycles. The number of benzene rings is 2. The first-order chi connectivity index (χ1) is 13.0. The molecule has 0 spiro atoms. The van der Waals surface area contributed by atoms with E-state index in [2.05, 4.69) is 5.32 Å². The SMILES string of the molecule is CCNC(=O)C(CC)N(Cc1ccc(F)cc1)C(=O)CCc1ccccc1. The summed E-state index contributed by atoms with van der Waals surface area (Å²) in [4.78, 5) is 27.1. The van der Waals surface area contributed by atoms with Gasteiger partial charge in [0.2, 0.25) is 11.8 Å². The average Bonchev–Trinajstić information content (AvgIpc) is 2.68. The summed E-state index contributed by atoms with van der Waals surface area (Å²) in [6.07, 6.45) is 1.46. The first-order valence-corrected chi connectivity index (χ1v) is 9.40. The van der Waals surface area contributed by atoms with Crippen molar-refractivity contribution < 1.29 is 14.0 Å². The summed E-state index contributed by atoms with van der Waals surface area (Å²) < 4.78 is 13.2. The van der Waals surface area contributed by atoms with Gasteiger partial charge in [0, 0.05) is 19.5 Å². The van der Waals surface area contributed by atoms with E-state index in [1.807, 2.05) is 44.2 Å². The topological polar surface area (TPSA) is 49.4 Å². The highest BCUT2D eigenvalue weighted by molar-refractivity contribution is 5.87. The van der Waals surface area contributed by atoms with Gasteiger partial charge in [0.15, 0.2) is 0 Å². The Kier molecular flexibility index (Phi) is 7.99. The van der Waals surface area contributed by atoms with Crippen LogP contribution in [0.5, 0.6) is 0 Å². The maximum Gasteiger partial charge on any atom is 0.242 e. The highest BCUT2D eigenvalue weighted by atomic mass is 19.1. The first kappa shape index (κ1) is 20.6. The van der Waals surface area contributed by atoms with Gasteiger partial charge in [-0.2, -0.15) is 0 Å². The predicted octanol–water partition coefficient (Wildman–Crippen LogP) is 3.70. The van der Waals surface area contributed by atoms with E-state index in [1.54, 1.807) is 17.0 Å². The number of nitrogens with zero attached hydrogens (tertiary/aromatic N) is 1.